The fourth-order valence-corrected chi connectivity index (χ4v) is 2.88. The maximum atomic E-state index is 12.6. The predicted octanol–water partition coefficient (Wildman–Crippen LogP) is 2.87. The maximum Gasteiger partial charge on any atom is 0.277 e. The topological polar surface area (TPSA) is 53.9 Å². The van der Waals surface area contributed by atoms with Gasteiger partial charge in [-0.25, -0.2) is 4.98 Å². The Morgan fingerprint density at radius 1 is 1.32 bits per heavy atom. The van der Waals surface area contributed by atoms with Crippen molar-refractivity contribution in [2.24, 2.45) is 0 Å². The molecule has 0 saturated heterocycles. The molecule has 2 heterocycles. The van der Waals surface area contributed by atoms with Crippen LogP contribution < -0.4 is 5.56 Å². The number of H-pyrrole nitrogens is 1. The van der Waals surface area contributed by atoms with Crippen LogP contribution in [-0.2, 0) is 6.54 Å². The first kappa shape index (κ1) is 15.1. The van der Waals surface area contributed by atoms with Gasteiger partial charge in [0.2, 0.25) is 0 Å². The minimum atomic E-state index is -0.0375. The standard InChI is InChI=1S/C16H19ClN4O/c1-3-20(4-2)7-8-21-10-18-14-12-9-11(17)5-6-13(12)19-15(14)16(21)22/h5-6,9-10,19H,3-4,7-8H2,1-2H3. The number of benzene rings is 1. The van der Waals surface area contributed by atoms with E-state index >= 15 is 0 Å². The van der Waals surface area contributed by atoms with Crippen LogP contribution >= 0.6 is 11.6 Å². The number of halogens is 1. The average Bonchev–Trinajstić information content (AvgIpc) is 2.89. The largest absolute Gasteiger partial charge is 0.349 e. The second-order valence-corrected chi connectivity index (χ2v) is 5.74. The summed E-state index contributed by atoms with van der Waals surface area (Å²) in [4.78, 5) is 22.5. The quantitative estimate of drug-likeness (QED) is 0.787. The summed E-state index contributed by atoms with van der Waals surface area (Å²) in [6, 6.07) is 5.51. The van der Waals surface area contributed by atoms with Crippen molar-refractivity contribution in [1.82, 2.24) is 19.4 Å². The lowest BCUT2D eigenvalue weighted by Crippen LogP contribution is -2.31. The number of hydrogen-bond donors (Lipinski definition) is 1. The van der Waals surface area contributed by atoms with E-state index in [-0.39, 0.29) is 5.56 Å². The first-order chi connectivity index (χ1) is 10.6. The van der Waals surface area contributed by atoms with E-state index in [2.05, 4.69) is 28.7 Å². The molecule has 0 spiro atoms. The van der Waals surface area contributed by atoms with Gasteiger partial charge >= 0.3 is 0 Å². The number of fused-ring (bicyclic) bond motifs is 3. The van der Waals surface area contributed by atoms with Gasteiger partial charge in [-0.2, -0.15) is 0 Å². The van der Waals surface area contributed by atoms with E-state index in [9.17, 15) is 4.79 Å². The highest BCUT2D eigenvalue weighted by Gasteiger charge is 2.11. The molecule has 0 aliphatic heterocycles. The summed E-state index contributed by atoms with van der Waals surface area (Å²) in [5, 5.41) is 1.52. The molecule has 2 aromatic heterocycles. The molecular weight excluding hydrogens is 300 g/mol. The summed E-state index contributed by atoms with van der Waals surface area (Å²) in [6.07, 6.45) is 1.63. The molecule has 3 aromatic rings. The number of nitrogens with zero attached hydrogens (tertiary/aromatic N) is 3. The molecule has 0 aliphatic rings. The van der Waals surface area contributed by atoms with Crippen LogP contribution in [0.25, 0.3) is 21.9 Å². The van der Waals surface area contributed by atoms with Crippen molar-refractivity contribution in [3.05, 3.63) is 39.9 Å². The summed E-state index contributed by atoms with van der Waals surface area (Å²) in [7, 11) is 0. The lowest BCUT2D eigenvalue weighted by molar-refractivity contribution is 0.289. The number of likely N-dealkylation sites (N-methyl/N-ethyl adjacent to an activating group) is 1. The molecule has 0 radical (unpaired) electrons. The fourth-order valence-electron chi connectivity index (χ4n) is 2.71. The normalized spacial score (nSPS) is 11.8. The molecule has 0 amide bonds. The molecule has 0 saturated carbocycles. The fraction of sp³-hybridized carbons (Fsp3) is 0.375. The Kier molecular flexibility index (Phi) is 4.18. The Labute approximate surface area is 133 Å². The molecule has 1 N–H and O–H groups in total. The van der Waals surface area contributed by atoms with Crippen LogP contribution in [0.5, 0.6) is 0 Å². The van der Waals surface area contributed by atoms with Gasteiger partial charge in [0.15, 0.2) is 0 Å². The smallest absolute Gasteiger partial charge is 0.277 e. The molecule has 22 heavy (non-hydrogen) atoms. The van der Waals surface area contributed by atoms with Crippen molar-refractivity contribution in [2.45, 2.75) is 20.4 Å². The van der Waals surface area contributed by atoms with Crippen LogP contribution in [0.2, 0.25) is 5.02 Å². The van der Waals surface area contributed by atoms with Gasteiger partial charge in [-0.15, -0.1) is 0 Å². The van der Waals surface area contributed by atoms with E-state index in [0.717, 1.165) is 30.5 Å². The Bertz CT molecular complexity index is 864. The van der Waals surface area contributed by atoms with E-state index in [1.54, 1.807) is 17.0 Å². The molecule has 0 atom stereocenters. The van der Waals surface area contributed by atoms with E-state index in [1.807, 2.05) is 12.1 Å². The van der Waals surface area contributed by atoms with Gasteiger partial charge in [0.1, 0.15) is 11.0 Å². The monoisotopic (exact) mass is 318 g/mol. The van der Waals surface area contributed by atoms with Gasteiger partial charge in [-0.1, -0.05) is 25.4 Å². The van der Waals surface area contributed by atoms with Crippen molar-refractivity contribution >= 4 is 33.5 Å². The Balaban J connectivity index is 2.02. The summed E-state index contributed by atoms with van der Waals surface area (Å²) in [6.45, 7) is 7.67. The molecule has 3 rings (SSSR count). The summed E-state index contributed by atoms with van der Waals surface area (Å²) < 4.78 is 1.66. The SMILES string of the molecule is CCN(CC)CCn1cnc2c([nH]c3ccc(Cl)cc32)c1=O. The van der Waals surface area contributed by atoms with Crippen molar-refractivity contribution in [1.29, 1.82) is 0 Å². The molecule has 1 aromatic carbocycles. The second kappa shape index (κ2) is 6.10. The van der Waals surface area contributed by atoms with Crippen molar-refractivity contribution in [3.63, 3.8) is 0 Å². The third-order valence-electron chi connectivity index (χ3n) is 4.09. The Hall–Kier alpha value is -1.85. The molecule has 0 aliphatic carbocycles. The minimum Gasteiger partial charge on any atom is -0.349 e. The molecular formula is C16H19ClN4O. The van der Waals surface area contributed by atoms with Gasteiger partial charge in [0.05, 0.1) is 6.33 Å². The zero-order chi connectivity index (χ0) is 15.7. The summed E-state index contributed by atoms with van der Waals surface area (Å²) in [5.74, 6) is 0. The van der Waals surface area contributed by atoms with Gasteiger partial charge in [-0.3, -0.25) is 9.36 Å². The van der Waals surface area contributed by atoms with Crippen molar-refractivity contribution in [3.8, 4) is 0 Å². The molecule has 6 heteroatoms. The van der Waals surface area contributed by atoms with Crippen LogP contribution in [0.1, 0.15) is 13.8 Å². The van der Waals surface area contributed by atoms with E-state index in [1.165, 1.54) is 0 Å². The lowest BCUT2D eigenvalue weighted by atomic mass is 10.2. The van der Waals surface area contributed by atoms with Crippen LogP contribution in [0.15, 0.2) is 29.3 Å². The summed E-state index contributed by atoms with van der Waals surface area (Å²) >= 11 is 6.03. The molecule has 116 valence electrons. The third-order valence-corrected chi connectivity index (χ3v) is 4.32. The minimum absolute atomic E-state index is 0.0375. The molecule has 0 fully saturated rings. The third kappa shape index (κ3) is 2.62. The van der Waals surface area contributed by atoms with Crippen LogP contribution in [0.3, 0.4) is 0 Å². The number of aromatic amines is 1. The van der Waals surface area contributed by atoms with Gasteiger partial charge < -0.3 is 9.88 Å². The molecule has 0 bridgehead atoms. The maximum absolute atomic E-state index is 12.6. The zero-order valence-electron chi connectivity index (χ0n) is 12.8. The first-order valence-corrected chi connectivity index (χ1v) is 7.90. The van der Waals surface area contributed by atoms with Crippen molar-refractivity contribution < 1.29 is 0 Å². The predicted molar refractivity (Wildman–Crippen MR) is 90.7 cm³/mol. The second-order valence-electron chi connectivity index (χ2n) is 5.31. The lowest BCUT2D eigenvalue weighted by Gasteiger charge is -2.18. The number of rotatable bonds is 5. The van der Waals surface area contributed by atoms with Gasteiger partial charge in [-0.05, 0) is 31.3 Å². The van der Waals surface area contributed by atoms with Crippen LogP contribution in [0.4, 0.5) is 0 Å². The Morgan fingerprint density at radius 2 is 2.09 bits per heavy atom. The number of aromatic nitrogens is 3. The summed E-state index contributed by atoms with van der Waals surface area (Å²) in [5.41, 5.74) is 2.07. The first-order valence-electron chi connectivity index (χ1n) is 7.52. The van der Waals surface area contributed by atoms with E-state index in [0.29, 0.717) is 22.6 Å². The highest BCUT2D eigenvalue weighted by molar-refractivity contribution is 6.31. The highest BCUT2D eigenvalue weighted by atomic mass is 35.5. The van der Waals surface area contributed by atoms with E-state index in [4.69, 9.17) is 11.6 Å². The Morgan fingerprint density at radius 3 is 2.82 bits per heavy atom. The van der Waals surface area contributed by atoms with Gasteiger partial charge in [0.25, 0.3) is 5.56 Å². The van der Waals surface area contributed by atoms with Crippen LogP contribution in [-0.4, -0.2) is 39.1 Å². The van der Waals surface area contributed by atoms with Crippen LogP contribution in [0, 0.1) is 0 Å². The number of nitrogens with one attached hydrogen (secondary N) is 1. The van der Waals surface area contributed by atoms with Crippen molar-refractivity contribution in [2.75, 3.05) is 19.6 Å². The van der Waals surface area contributed by atoms with E-state index < -0.39 is 0 Å². The molecule has 0 unspecified atom stereocenters. The highest BCUT2D eigenvalue weighted by Crippen LogP contribution is 2.24. The molecule has 5 nitrogen and oxygen atoms in total. The average molecular weight is 319 g/mol. The van der Waals surface area contributed by atoms with Gasteiger partial charge in [0, 0.05) is 29.0 Å². The number of hydrogen-bond acceptors (Lipinski definition) is 3. The zero-order valence-corrected chi connectivity index (χ0v) is 13.5.